The molecule has 0 saturated heterocycles. The Hall–Kier alpha value is -1.94. The first kappa shape index (κ1) is 20.4. The van der Waals surface area contributed by atoms with E-state index in [2.05, 4.69) is 15.8 Å². The van der Waals surface area contributed by atoms with Gasteiger partial charge in [-0.2, -0.15) is 9.57 Å². The summed E-state index contributed by atoms with van der Waals surface area (Å²) in [5.41, 5.74) is 5.10. The molecule has 1 heterocycles. The standard InChI is InChI=1S/C16H22N4O3S.CH4O/c1-2-16(19-17-9-11-6-7-12(21)8-11)18-14-4-3-5-15-13(14)10-24(23)20(15)22;1-2/h2-5,9,11-12,18-19,21-22H,6-8,10H2,1H3;2H,1H3/b16-2-,17-9+;. The number of fused-ring (bicyclic) bond motifs is 1. The van der Waals surface area contributed by atoms with Gasteiger partial charge in [0.25, 0.3) is 0 Å². The first-order valence-corrected chi connectivity index (χ1v) is 9.70. The molecule has 3 rings (SSSR count). The van der Waals surface area contributed by atoms with Crippen molar-refractivity contribution >= 4 is 28.6 Å². The number of nitrogens with zero attached hydrogens (tertiary/aromatic N) is 2. The molecule has 0 radical (unpaired) electrons. The third kappa shape index (κ3) is 4.82. The van der Waals surface area contributed by atoms with Gasteiger partial charge >= 0.3 is 0 Å². The van der Waals surface area contributed by atoms with E-state index in [1.54, 1.807) is 12.1 Å². The van der Waals surface area contributed by atoms with Crippen LogP contribution in [0.5, 0.6) is 0 Å². The van der Waals surface area contributed by atoms with Crippen LogP contribution in [0.15, 0.2) is 35.2 Å². The van der Waals surface area contributed by atoms with Gasteiger partial charge in [-0.3, -0.25) is 10.6 Å². The number of rotatable bonds is 5. The van der Waals surface area contributed by atoms with Crippen LogP contribution in [0, 0.1) is 5.92 Å². The Morgan fingerprint density at radius 1 is 1.38 bits per heavy atom. The molecule has 144 valence electrons. The van der Waals surface area contributed by atoms with Crippen LogP contribution in [0.25, 0.3) is 0 Å². The van der Waals surface area contributed by atoms with Crippen LogP contribution >= 0.6 is 0 Å². The third-order valence-electron chi connectivity index (χ3n) is 4.29. The van der Waals surface area contributed by atoms with Gasteiger partial charge in [-0.1, -0.05) is 6.07 Å². The molecule has 9 heteroatoms. The molecule has 0 aromatic heterocycles. The summed E-state index contributed by atoms with van der Waals surface area (Å²) < 4.78 is 12.6. The average molecular weight is 382 g/mol. The number of allylic oxidation sites excluding steroid dienone is 1. The number of hydrogen-bond acceptors (Lipinski definition) is 7. The summed E-state index contributed by atoms with van der Waals surface area (Å²) in [6.07, 6.45) is 6.01. The van der Waals surface area contributed by atoms with Crippen molar-refractivity contribution in [3.05, 3.63) is 35.7 Å². The van der Waals surface area contributed by atoms with E-state index in [1.807, 2.05) is 25.3 Å². The lowest BCUT2D eigenvalue weighted by molar-refractivity contribution is 0.181. The smallest absolute Gasteiger partial charge is 0.148 e. The monoisotopic (exact) mass is 382 g/mol. The summed E-state index contributed by atoms with van der Waals surface area (Å²) in [5.74, 6) is 1.27. The van der Waals surface area contributed by atoms with Crippen LogP contribution in [-0.4, -0.2) is 39.1 Å². The third-order valence-corrected chi connectivity index (χ3v) is 5.41. The van der Waals surface area contributed by atoms with E-state index in [1.165, 1.54) is 0 Å². The minimum absolute atomic E-state index is 0.213. The number of benzene rings is 1. The second-order valence-electron chi connectivity index (χ2n) is 5.99. The molecule has 1 aliphatic heterocycles. The Morgan fingerprint density at radius 3 is 2.81 bits per heavy atom. The number of nitrogens with one attached hydrogen (secondary N) is 2. The van der Waals surface area contributed by atoms with Crippen molar-refractivity contribution in [1.82, 2.24) is 5.43 Å². The Labute approximate surface area is 155 Å². The van der Waals surface area contributed by atoms with Gasteiger partial charge in [0, 0.05) is 24.6 Å². The second-order valence-corrected chi connectivity index (χ2v) is 7.26. The molecule has 0 amide bonds. The molecule has 0 bridgehead atoms. The molecule has 3 unspecified atom stereocenters. The first-order valence-electron chi connectivity index (χ1n) is 8.43. The summed E-state index contributed by atoms with van der Waals surface area (Å²) in [7, 11) is -0.446. The zero-order valence-electron chi connectivity index (χ0n) is 14.9. The van der Waals surface area contributed by atoms with Gasteiger partial charge in [-0.15, -0.1) is 0 Å². The molecule has 26 heavy (non-hydrogen) atoms. The largest absolute Gasteiger partial charge is 0.400 e. The van der Waals surface area contributed by atoms with E-state index in [4.69, 9.17) is 5.11 Å². The molecular weight excluding hydrogens is 356 g/mol. The van der Waals surface area contributed by atoms with Crippen molar-refractivity contribution in [1.29, 1.82) is 0 Å². The fraction of sp³-hybridized carbons (Fsp3) is 0.471. The summed E-state index contributed by atoms with van der Waals surface area (Å²) in [4.78, 5) is 0. The number of aliphatic hydroxyl groups is 2. The molecule has 5 N–H and O–H groups in total. The maximum absolute atomic E-state index is 11.8. The van der Waals surface area contributed by atoms with Crippen molar-refractivity contribution in [2.75, 3.05) is 16.9 Å². The fourth-order valence-corrected chi connectivity index (χ4v) is 4.03. The highest BCUT2D eigenvalue weighted by Crippen LogP contribution is 2.35. The molecular formula is C17H26N4O4S. The van der Waals surface area contributed by atoms with Gasteiger partial charge in [-0.25, -0.2) is 4.21 Å². The predicted octanol–water partition coefficient (Wildman–Crippen LogP) is 1.68. The second kappa shape index (κ2) is 9.67. The van der Waals surface area contributed by atoms with Crippen molar-refractivity contribution < 1.29 is 19.6 Å². The molecule has 1 aliphatic carbocycles. The summed E-state index contributed by atoms with van der Waals surface area (Å²) in [6, 6.07) is 5.40. The zero-order valence-corrected chi connectivity index (χ0v) is 15.7. The van der Waals surface area contributed by atoms with Crippen LogP contribution in [0.3, 0.4) is 0 Å². The summed E-state index contributed by atoms with van der Waals surface area (Å²) in [6.45, 7) is 1.88. The van der Waals surface area contributed by atoms with Gasteiger partial charge in [0.15, 0.2) is 0 Å². The van der Waals surface area contributed by atoms with Crippen molar-refractivity contribution in [3.63, 3.8) is 0 Å². The maximum atomic E-state index is 11.8. The highest BCUT2D eigenvalue weighted by molar-refractivity contribution is 7.85. The Morgan fingerprint density at radius 2 is 2.15 bits per heavy atom. The van der Waals surface area contributed by atoms with Crippen LogP contribution in [0.4, 0.5) is 11.4 Å². The van der Waals surface area contributed by atoms with Crippen LogP contribution in [0.1, 0.15) is 31.7 Å². The fourth-order valence-electron chi connectivity index (χ4n) is 2.97. The highest BCUT2D eigenvalue weighted by Gasteiger charge is 2.27. The van der Waals surface area contributed by atoms with Crippen LogP contribution in [0.2, 0.25) is 0 Å². The molecule has 1 aromatic carbocycles. The molecule has 8 nitrogen and oxygen atoms in total. The van der Waals surface area contributed by atoms with E-state index in [0.717, 1.165) is 42.1 Å². The van der Waals surface area contributed by atoms with Crippen molar-refractivity contribution in [2.24, 2.45) is 11.0 Å². The minimum atomic E-state index is -1.45. The first-order chi connectivity index (χ1) is 12.6. The average Bonchev–Trinajstić information content (AvgIpc) is 3.20. The molecule has 0 spiro atoms. The van der Waals surface area contributed by atoms with E-state index in [-0.39, 0.29) is 11.9 Å². The normalized spacial score (nSPS) is 25.0. The molecule has 1 fully saturated rings. The molecule has 1 saturated carbocycles. The van der Waals surface area contributed by atoms with E-state index < -0.39 is 11.0 Å². The van der Waals surface area contributed by atoms with Gasteiger partial charge in [-0.05, 0) is 50.3 Å². The number of anilines is 2. The number of hydrogen-bond donors (Lipinski definition) is 5. The van der Waals surface area contributed by atoms with Gasteiger partial charge < -0.3 is 15.5 Å². The lowest BCUT2D eigenvalue weighted by Gasteiger charge is -2.14. The lowest BCUT2D eigenvalue weighted by Crippen LogP contribution is -2.16. The van der Waals surface area contributed by atoms with Gasteiger partial charge in [0.1, 0.15) is 16.8 Å². The molecule has 3 atom stereocenters. The SMILES string of the molecule is C/C=C(\N/N=C/C1CCC(O)C1)Nc1cccc2c1CS(=O)N2O.CO. The van der Waals surface area contributed by atoms with Crippen molar-refractivity contribution in [3.8, 4) is 0 Å². The van der Waals surface area contributed by atoms with Gasteiger partial charge in [0.05, 0.1) is 17.5 Å². The van der Waals surface area contributed by atoms with Crippen LogP contribution < -0.4 is 15.2 Å². The quantitative estimate of drug-likeness (QED) is 0.391. The van der Waals surface area contributed by atoms with E-state index >= 15 is 0 Å². The van der Waals surface area contributed by atoms with E-state index in [9.17, 15) is 14.5 Å². The molecule has 1 aromatic rings. The highest BCUT2D eigenvalue weighted by atomic mass is 32.2. The van der Waals surface area contributed by atoms with Crippen LogP contribution in [-0.2, 0) is 16.7 Å². The Kier molecular flexibility index (Phi) is 7.58. The van der Waals surface area contributed by atoms with Gasteiger partial charge in [0.2, 0.25) is 0 Å². The minimum Gasteiger partial charge on any atom is -0.400 e. The predicted molar refractivity (Wildman–Crippen MR) is 103 cm³/mol. The topological polar surface area (TPSA) is 117 Å². The number of aliphatic hydroxyl groups excluding tert-OH is 2. The summed E-state index contributed by atoms with van der Waals surface area (Å²) >= 11 is 0. The maximum Gasteiger partial charge on any atom is 0.148 e. The zero-order chi connectivity index (χ0) is 19.1. The Bertz CT molecular complexity index is 695. The lowest BCUT2D eigenvalue weighted by atomic mass is 10.1. The van der Waals surface area contributed by atoms with Crippen molar-refractivity contribution in [2.45, 2.75) is 38.0 Å². The Balaban J connectivity index is 0.00000117. The van der Waals surface area contributed by atoms with E-state index in [0.29, 0.717) is 17.4 Å². The molecule has 2 aliphatic rings. The number of hydrazone groups is 1. The summed E-state index contributed by atoms with van der Waals surface area (Å²) in [5, 5.41) is 33.8.